The summed E-state index contributed by atoms with van der Waals surface area (Å²) in [6.07, 6.45) is 2.11. The van der Waals surface area contributed by atoms with Gasteiger partial charge in [-0.1, -0.05) is 37.3 Å². The lowest BCUT2D eigenvalue weighted by Crippen LogP contribution is -2.19. The fraction of sp³-hybridized carbons (Fsp3) is 0.304. The van der Waals surface area contributed by atoms with E-state index in [2.05, 4.69) is 15.3 Å². The second-order valence-electron chi connectivity index (χ2n) is 7.29. The van der Waals surface area contributed by atoms with Crippen molar-refractivity contribution in [2.24, 2.45) is 4.99 Å². The molecule has 0 radical (unpaired) electrons. The van der Waals surface area contributed by atoms with E-state index in [1.807, 2.05) is 42.6 Å². The van der Waals surface area contributed by atoms with Gasteiger partial charge < -0.3 is 15.2 Å². The third-order valence-corrected chi connectivity index (χ3v) is 5.75. The standard InChI is InChI=1S/C23H24N4O3S/c1-2-17(28)11-25-23-27-19(14-31-23)22-21-18(8-9-24-22)20(29)10-16(26-21)13-30-12-15-6-4-3-5-7-15/h3-9,14,17,28H,2,10-13H2,1H3,(H,25,27). The van der Waals surface area contributed by atoms with Crippen molar-refractivity contribution in [3.8, 4) is 11.4 Å². The number of ketones is 1. The minimum Gasteiger partial charge on any atom is -0.391 e. The van der Waals surface area contributed by atoms with E-state index in [9.17, 15) is 9.90 Å². The van der Waals surface area contributed by atoms with Gasteiger partial charge in [0.15, 0.2) is 10.9 Å². The number of thiazole rings is 1. The van der Waals surface area contributed by atoms with Crippen molar-refractivity contribution in [1.82, 2.24) is 9.97 Å². The summed E-state index contributed by atoms with van der Waals surface area (Å²) in [5.74, 6) is 0.00612. The van der Waals surface area contributed by atoms with Crippen LogP contribution >= 0.6 is 11.3 Å². The van der Waals surface area contributed by atoms with Crippen LogP contribution in [0.3, 0.4) is 0 Å². The molecule has 3 aromatic rings. The van der Waals surface area contributed by atoms with Crippen LogP contribution in [0.2, 0.25) is 0 Å². The van der Waals surface area contributed by atoms with E-state index in [-0.39, 0.29) is 18.8 Å². The first-order valence-electron chi connectivity index (χ1n) is 10.2. The number of fused-ring (bicyclic) bond motifs is 1. The molecule has 0 spiro atoms. The quantitative estimate of drug-likeness (QED) is 0.520. The number of rotatable bonds is 9. The lowest BCUT2D eigenvalue weighted by molar-refractivity contribution is 0.0993. The van der Waals surface area contributed by atoms with Crippen LogP contribution in [0.25, 0.3) is 11.4 Å². The number of pyridine rings is 1. The predicted molar refractivity (Wildman–Crippen MR) is 122 cm³/mol. The molecule has 7 nitrogen and oxygen atoms in total. The summed E-state index contributed by atoms with van der Waals surface area (Å²) in [5, 5.41) is 15.4. The van der Waals surface area contributed by atoms with Crippen molar-refractivity contribution in [3.63, 3.8) is 0 Å². The van der Waals surface area contributed by atoms with Crippen molar-refractivity contribution in [2.45, 2.75) is 32.5 Å². The number of aliphatic hydroxyl groups excluding tert-OH is 1. The Labute approximate surface area is 184 Å². The number of benzene rings is 1. The largest absolute Gasteiger partial charge is 0.391 e. The summed E-state index contributed by atoms with van der Waals surface area (Å²) in [6.45, 7) is 3.11. The van der Waals surface area contributed by atoms with E-state index in [0.29, 0.717) is 53.1 Å². The second kappa shape index (κ2) is 9.91. The summed E-state index contributed by atoms with van der Waals surface area (Å²) in [6, 6.07) is 11.6. The maximum absolute atomic E-state index is 12.7. The molecule has 31 heavy (non-hydrogen) atoms. The molecular weight excluding hydrogens is 412 g/mol. The maximum Gasteiger partial charge on any atom is 0.183 e. The van der Waals surface area contributed by atoms with Crippen molar-refractivity contribution >= 4 is 33.7 Å². The molecule has 0 saturated carbocycles. The number of nitrogens with one attached hydrogen (secondary N) is 1. The fourth-order valence-corrected chi connectivity index (χ4v) is 3.92. The first kappa shape index (κ1) is 21.3. The molecule has 0 amide bonds. The summed E-state index contributed by atoms with van der Waals surface area (Å²) in [7, 11) is 0. The van der Waals surface area contributed by atoms with Crippen LogP contribution < -0.4 is 5.32 Å². The van der Waals surface area contributed by atoms with Crippen LogP contribution in [0.1, 0.15) is 35.7 Å². The van der Waals surface area contributed by atoms with E-state index in [1.54, 1.807) is 12.3 Å². The van der Waals surface area contributed by atoms with E-state index < -0.39 is 6.10 Å². The van der Waals surface area contributed by atoms with Crippen molar-refractivity contribution < 1.29 is 14.6 Å². The Hall–Kier alpha value is -2.94. The van der Waals surface area contributed by atoms with Gasteiger partial charge >= 0.3 is 0 Å². The van der Waals surface area contributed by atoms with Crippen LogP contribution in [0.4, 0.5) is 10.8 Å². The van der Waals surface area contributed by atoms with Gasteiger partial charge in [0, 0.05) is 23.7 Å². The Balaban J connectivity index is 1.52. The minimum atomic E-state index is -0.421. The highest BCUT2D eigenvalue weighted by Gasteiger charge is 2.24. The number of carbonyl (C=O) groups is 1. The average Bonchev–Trinajstić information content (AvgIpc) is 3.27. The molecule has 160 valence electrons. The highest BCUT2D eigenvalue weighted by Crippen LogP contribution is 2.36. The van der Waals surface area contributed by atoms with Crippen molar-refractivity contribution in [2.75, 3.05) is 18.5 Å². The number of hydrogen-bond acceptors (Lipinski definition) is 8. The molecule has 2 N–H and O–H groups in total. The van der Waals surface area contributed by atoms with Gasteiger partial charge in [-0.2, -0.15) is 0 Å². The van der Waals surface area contributed by atoms with E-state index >= 15 is 0 Å². The first-order valence-corrected chi connectivity index (χ1v) is 11.1. The minimum absolute atomic E-state index is 0.00612. The third kappa shape index (κ3) is 5.22. The number of ether oxygens (including phenoxy) is 1. The number of aliphatic hydroxyl groups is 1. The van der Waals surface area contributed by atoms with Crippen LogP contribution in [0, 0.1) is 0 Å². The van der Waals surface area contributed by atoms with E-state index in [4.69, 9.17) is 9.73 Å². The van der Waals surface area contributed by atoms with Gasteiger partial charge in [0.2, 0.25) is 0 Å². The second-order valence-corrected chi connectivity index (χ2v) is 8.15. The molecule has 0 saturated heterocycles. The summed E-state index contributed by atoms with van der Waals surface area (Å²) < 4.78 is 5.79. The first-order chi connectivity index (χ1) is 15.1. The number of carbonyl (C=O) groups excluding carboxylic acids is 1. The zero-order valence-electron chi connectivity index (χ0n) is 17.2. The van der Waals surface area contributed by atoms with Gasteiger partial charge in [0.05, 0.1) is 31.5 Å². The number of hydrogen-bond donors (Lipinski definition) is 2. The molecular formula is C23H24N4O3S. The molecule has 0 fully saturated rings. The van der Waals surface area contributed by atoms with Gasteiger partial charge in [0.1, 0.15) is 17.1 Å². The monoisotopic (exact) mass is 436 g/mol. The van der Waals surface area contributed by atoms with Crippen LogP contribution in [-0.4, -0.2) is 45.8 Å². The Morgan fingerprint density at radius 2 is 2.06 bits per heavy atom. The predicted octanol–water partition coefficient (Wildman–Crippen LogP) is 4.26. The average molecular weight is 437 g/mol. The smallest absolute Gasteiger partial charge is 0.183 e. The lowest BCUT2D eigenvalue weighted by Gasteiger charge is -2.16. The maximum atomic E-state index is 12.7. The van der Waals surface area contributed by atoms with Gasteiger partial charge in [-0.25, -0.2) is 4.98 Å². The van der Waals surface area contributed by atoms with Crippen LogP contribution in [-0.2, 0) is 11.3 Å². The number of anilines is 1. The SMILES string of the molecule is CCC(O)CNc1nc(-c2nccc3c2N=C(COCc2ccccc2)CC3=O)cs1. The molecule has 3 heterocycles. The van der Waals surface area contributed by atoms with Gasteiger partial charge in [-0.05, 0) is 18.1 Å². The van der Waals surface area contributed by atoms with Crippen LogP contribution in [0.5, 0.6) is 0 Å². The van der Waals surface area contributed by atoms with Crippen LogP contribution in [0.15, 0.2) is 53.0 Å². The zero-order chi connectivity index (χ0) is 21.6. The van der Waals surface area contributed by atoms with Gasteiger partial charge in [0.25, 0.3) is 0 Å². The lowest BCUT2D eigenvalue weighted by atomic mass is 9.99. The molecule has 1 atom stereocenters. The summed E-state index contributed by atoms with van der Waals surface area (Å²) in [5.41, 5.74) is 4.08. The normalized spacial score (nSPS) is 14.1. The summed E-state index contributed by atoms with van der Waals surface area (Å²) >= 11 is 1.43. The Kier molecular flexibility index (Phi) is 6.81. The number of nitrogens with zero attached hydrogens (tertiary/aromatic N) is 3. The number of aromatic nitrogens is 2. The molecule has 4 rings (SSSR count). The summed E-state index contributed by atoms with van der Waals surface area (Å²) in [4.78, 5) is 26.4. The highest BCUT2D eigenvalue weighted by atomic mass is 32.1. The number of aliphatic imine (C=N–C) groups is 1. The van der Waals surface area contributed by atoms with Crippen molar-refractivity contribution in [1.29, 1.82) is 0 Å². The van der Waals surface area contributed by atoms with E-state index in [0.717, 1.165) is 5.56 Å². The molecule has 1 unspecified atom stereocenters. The molecule has 1 aliphatic heterocycles. The molecule has 1 aliphatic rings. The van der Waals surface area contributed by atoms with Crippen molar-refractivity contribution in [3.05, 3.63) is 59.1 Å². The Bertz CT molecular complexity index is 1080. The molecule has 0 bridgehead atoms. The van der Waals surface area contributed by atoms with Gasteiger partial charge in [-0.3, -0.25) is 14.8 Å². The Morgan fingerprint density at radius 1 is 1.23 bits per heavy atom. The topological polar surface area (TPSA) is 96.7 Å². The highest BCUT2D eigenvalue weighted by molar-refractivity contribution is 7.14. The fourth-order valence-electron chi connectivity index (χ4n) is 3.22. The van der Waals surface area contributed by atoms with Gasteiger partial charge in [-0.15, -0.1) is 11.3 Å². The molecule has 0 aliphatic carbocycles. The number of Topliss-reactive ketones (excluding diaryl/α,β-unsaturated/α-hetero) is 1. The third-order valence-electron chi connectivity index (χ3n) is 4.95. The van der Waals surface area contributed by atoms with E-state index in [1.165, 1.54) is 11.3 Å². The molecule has 8 heteroatoms. The zero-order valence-corrected chi connectivity index (χ0v) is 18.1. The molecule has 2 aromatic heterocycles. The Morgan fingerprint density at radius 3 is 2.87 bits per heavy atom. The molecule has 1 aromatic carbocycles.